The van der Waals surface area contributed by atoms with Gasteiger partial charge >= 0.3 is 5.97 Å². The van der Waals surface area contributed by atoms with Crippen molar-refractivity contribution in [2.45, 2.75) is 45.7 Å². The first-order valence-corrected chi connectivity index (χ1v) is 5.81. The Morgan fingerprint density at radius 2 is 2.18 bits per heavy atom. The van der Waals surface area contributed by atoms with E-state index in [0.717, 1.165) is 0 Å². The van der Waals surface area contributed by atoms with Crippen LogP contribution in [0.25, 0.3) is 0 Å². The molecule has 0 radical (unpaired) electrons. The predicted octanol–water partition coefficient (Wildman–Crippen LogP) is 1.37. The number of hydrogen-bond donors (Lipinski definition) is 0. The van der Waals surface area contributed by atoms with Gasteiger partial charge in [0.25, 0.3) is 0 Å². The van der Waals surface area contributed by atoms with Crippen molar-refractivity contribution in [2.24, 2.45) is 0 Å². The Hall–Kier alpha value is -1.07. The average molecular weight is 242 g/mol. The van der Waals surface area contributed by atoms with Gasteiger partial charge in [-0.05, 0) is 27.7 Å². The van der Waals surface area contributed by atoms with Gasteiger partial charge < -0.3 is 18.9 Å². The molecule has 0 aromatic heterocycles. The summed E-state index contributed by atoms with van der Waals surface area (Å²) < 4.78 is 21.9. The number of carbonyl (C=O) groups excluding carboxylic acids is 1. The molecular formula is C12H18O5. The molecule has 0 aromatic rings. The molecule has 2 heterocycles. The normalized spacial score (nSPS) is 31.9. The van der Waals surface area contributed by atoms with Crippen LogP contribution < -0.4 is 0 Å². The summed E-state index contributed by atoms with van der Waals surface area (Å²) in [6.07, 6.45) is -0.780. The molecule has 0 bridgehead atoms. The zero-order valence-electron chi connectivity index (χ0n) is 10.6. The Morgan fingerprint density at radius 1 is 1.47 bits per heavy atom. The molecule has 2 aliphatic rings. The molecule has 96 valence electrons. The SMILES string of the molecule is CCOC1=C(C)C(=O)O[C@@H]1[C@@H]1COC(C)(C)O1. The van der Waals surface area contributed by atoms with Crippen molar-refractivity contribution >= 4 is 5.97 Å². The van der Waals surface area contributed by atoms with Crippen LogP contribution in [0, 0.1) is 0 Å². The van der Waals surface area contributed by atoms with Crippen LogP contribution in [0.15, 0.2) is 11.3 Å². The lowest BCUT2D eigenvalue weighted by molar-refractivity contribution is -0.163. The van der Waals surface area contributed by atoms with Gasteiger partial charge in [-0.25, -0.2) is 4.79 Å². The van der Waals surface area contributed by atoms with Crippen molar-refractivity contribution < 1.29 is 23.7 Å². The van der Waals surface area contributed by atoms with E-state index in [1.165, 1.54) is 0 Å². The Morgan fingerprint density at radius 3 is 2.71 bits per heavy atom. The maximum Gasteiger partial charge on any atom is 0.338 e. The molecule has 1 fully saturated rings. The largest absolute Gasteiger partial charge is 0.494 e. The van der Waals surface area contributed by atoms with E-state index in [4.69, 9.17) is 18.9 Å². The molecule has 5 heteroatoms. The zero-order valence-corrected chi connectivity index (χ0v) is 10.6. The van der Waals surface area contributed by atoms with Crippen LogP contribution in [0.2, 0.25) is 0 Å². The summed E-state index contributed by atoms with van der Waals surface area (Å²) in [6.45, 7) is 8.14. The molecule has 0 spiro atoms. The molecule has 0 N–H and O–H groups in total. The Balaban J connectivity index is 2.14. The first-order chi connectivity index (χ1) is 7.94. The minimum absolute atomic E-state index is 0.298. The van der Waals surface area contributed by atoms with Gasteiger partial charge in [0.2, 0.25) is 0 Å². The van der Waals surface area contributed by atoms with Crippen molar-refractivity contribution in [3.05, 3.63) is 11.3 Å². The Kier molecular flexibility index (Phi) is 3.14. The summed E-state index contributed by atoms with van der Waals surface area (Å²) in [5, 5.41) is 0. The third-order valence-corrected chi connectivity index (χ3v) is 2.84. The number of ether oxygens (including phenoxy) is 4. The first kappa shape index (κ1) is 12.4. The fourth-order valence-electron chi connectivity index (χ4n) is 2.03. The standard InChI is InChI=1S/C12H18O5/c1-5-14-9-7(2)11(13)16-10(9)8-6-15-12(3,4)17-8/h8,10H,5-6H2,1-4H3/t8-,10+/m0/s1. The van der Waals surface area contributed by atoms with E-state index in [2.05, 4.69) is 0 Å². The highest BCUT2D eigenvalue weighted by Gasteiger charge is 2.45. The second-order valence-corrected chi connectivity index (χ2v) is 4.62. The zero-order chi connectivity index (χ0) is 12.6. The molecule has 2 rings (SSSR count). The molecule has 2 aliphatic heterocycles. The highest BCUT2D eigenvalue weighted by molar-refractivity contribution is 5.91. The third-order valence-electron chi connectivity index (χ3n) is 2.84. The van der Waals surface area contributed by atoms with E-state index in [0.29, 0.717) is 24.5 Å². The van der Waals surface area contributed by atoms with E-state index >= 15 is 0 Å². The molecule has 5 nitrogen and oxygen atoms in total. The van der Waals surface area contributed by atoms with Gasteiger partial charge in [0, 0.05) is 0 Å². The summed E-state index contributed by atoms with van der Waals surface area (Å²) in [6, 6.07) is 0. The number of carbonyl (C=O) groups is 1. The quantitative estimate of drug-likeness (QED) is 0.700. The summed E-state index contributed by atoms with van der Waals surface area (Å²) in [5.74, 6) is -0.402. The fraction of sp³-hybridized carbons (Fsp3) is 0.750. The number of cyclic esters (lactones) is 1. The lowest BCUT2D eigenvalue weighted by atomic mass is 10.1. The van der Waals surface area contributed by atoms with Crippen molar-refractivity contribution in [2.75, 3.05) is 13.2 Å². The van der Waals surface area contributed by atoms with Gasteiger partial charge in [-0.1, -0.05) is 0 Å². The minimum atomic E-state index is -0.634. The van der Waals surface area contributed by atoms with E-state index < -0.39 is 11.9 Å². The highest BCUT2D eigenvalue weighted by Crippen LogP contribution is 2.33. The van der Waals surface area contributed by atoms with E-state index in [-0.39, 0.29) is 12.1 Å². The van der Waals surface area contributed by atoms with Gasteiger partial charge in [0.05, 0.1) is 18.8 Å². The highest BCUT2D eigenvalue weighted by atomic mass is 16.8. The monoisotopic (exact) mass is 242 g/mol. The lowest BCUT2D eigenvalue weighted by Gasteiger charge is -2.21. The topological polar surface area (TPSA) is 54.0 Å². The van der Waals surface area contributed by atoms with E-state index in [1.54, 1.807) is 6.92 Å². The lowest BCUT2D eigenvalue weighted by Crippen LogP contribution is -2.33. The minimum Gasteiger partial charge on any atom is -0.494 e. The van der Waals surface area contributed by atoms with E-state index in [1.807, 2.05) is 20.8 Å². The molecule has 2 atom stereocenters. The van der Waals surface area contributed by atoms with Crippen LogP contribution in [0.4, 0.5) is 0 Å². The molecule has 0 aliphatic carbocycles. The van der Waals surface area contributed by atoms with Crippen LogP contribution >= 0.6 is 0 Å². The number of hydrogen-bond acceptors (Lipinski definition) is 5. The number of rotatable bonds is 3. The van der Waals surface area contributed by atoms with Crippen LogP contribution in [0.1, 0.15) is 27.7 Å². The predicted molar refractivity (Wildman–Crippen MR) is 59.1 cm³/mol. The second-order valence-electron chi connectivity index (χ2n) is 4.62. The van der Waals surface area contributed by atoms with Gasteiger partial charge in [-0.2, -0.15) is 0 Å². The van der Waals surface area contributed by atoms with Gasteiger partial charge in [-0.3, -0.25) is 0 Å². The molecule has 0 aromatic carbocycles. The molecule has 0 unspecified atom stereocenters. The smallest absolute Gasteiger partial charge is 0.338 e. The molecule has 17 heavy (non-hydrogen) atoms. The Bertz CT molecular complexity index is 358. The second kappa shape index (κ2) is 4.31. The van der Waals surface area contributed by atoms with Crippen LogP contribution in [0.5, 0.6) is 0 Å². The van der Waals surface area contributed by atoms with Crippen LogP contribution in [-0.4, -0.2) is 37.2 Å². The van der Waals surface area contributed by atoms with Crippen molar-refractivity contribution in [3.63, 3.8) is 0 Å². The average Bonchev–Trinajstić information content (AvgIpc) is 2.73. The Labute approximate surface area is 101 Å². The summed E-state index contributed by atoms with van der Waals surface area (Å²) in [7, 11) is 0. The summed E-state index contributed by atoms with van der Waals surface area (Å²) in [5.41, 5.74) is 0.519. The first-order valence-electron chi connectivity index (χ1n) is 5.81. The maximum absolute atomic E-state index is 11.5. The van der Waals surface area contributed by atoms with Gasteiger partial charge in [-0.15, -0.1) is 0 Å². The summed E-state index contributed by atoms with van der Waals surface area (Å²) >= 11 is 0. The van der Waals surface area contributed by atoms with Crippen LogP contribution in [0.3, 0.4) is 0 Å². The van der Waals surface area contributed by atoms with Crippen LogP contribution in [-0.2, 0) is 23.7 Å². The van der Waals surface area contributed by atoms with Gasteiger partial charge in [0.15, 0.2) is 11.9 Å². The van der Waals surface area contributed by atoms with Crippen molar-refractivity contribution in [1.29, 1.82) is 0 Å². The van der Waals surface area contributed by atoms with E-state index in [9.17, 15) is 4.79 Å². The molecule has 0 saturated carbocycles. The molecule has 0 amide bonds. The summed E-state index contributed by atoms with van der Waals surface area (Å²) in [4.78, 5) is 11.5. The van der Waals surface area contributed by atoms with Crippen molar-refractivity contribution in [1.82, 2.24) is 0 Å². The fourth-order valence-corrected chi connectivity index (χ4v) is 2.03. The van der Waals surface area contributed by atoms with Crippen molar-refractivity contribution in [3.8, 4) is 0 Å². The maximum atomic E-state index is 11.5. The third kappa shape index (κ3) is 2.30. The number of esters is 1. The molecule has 1 saturated heterocycles. The van der Waals surface area contributed by atoms with Gasteiger partial charge in [0.1, 0.15) is 11.9 Å². The molecular weight excluding hydrogens is 224 g/mol.